The molecule has 0 unspecified atom stereocenters. The third kappa shape index (κ3) is 5.16. The number of nitrogens with one attached hydrogen (secondary N) is 1. The minimum absolute atomic E-state index is 0.109. The Labute approximate surface area is 190 Å². The Kier molecular flexibility index (Phi) is 6.60. The summed E-state index contributed by atoms with van der Waals surface area (Å²) in [6.07, 6.45) is 1.32. The van der Waals surface area contributed by atoms with Crippen LogP contribution in [0.15, 0.2) is 101 Å². The molecule has 3 aromatic carbocycles. The summed E-state index contributed by atoms with van der Waals surface area (Å²) in [4.78, 5) is 21.7. The average Bonchev–Trinajstić information content (AvgIpc) is 2.85. The van der Waals surface area contributed by atoms with Gasteiger partial charge in [0, 0.05) is 17.9 Å². The smallest absolute Gasteiger partial charge is 0.334 e. The van der Waals surface area contributed by atoms with Crippen molar-refractivity contribution in [2.75, 3.05) is 16.8 Å². The predicted molar refractivity (Wildman–Crippen MR) is 128 cm³/mol. The van der Waals surface area contributed by atoms with Gasteiger partial charge in [0.05, 0.1) is 16.3 Å². The highest BCUT2D eigenvalue weighted by molar-refractivity contribution is 5.78. The Morgan fingerprint density at radius 1 is 0.879 bits per heavy atom. The molecular weight excluding hydrogens is 418 g/mol. The van der Waals surface area contributed by atoms with Crippen molar-refractivity contribution in [3.05, 3.63) is 101 Å². The van der Waals surface area contributed by atoms with Gasteiger partial charge < -0.3 is 10.2 Å². The molecule has 0 atom stereocenters. The lowest BCUT2D eigenvalue weighted by molar-refractivity contribution is -0.383. The fourth-order valence-corrected chi connectivity index (χ4v) is 3.25. The van der Waals surface area contributed by atoms with Crippen molar-refractivity contribution >= 4 is 40.1 Å². The Morgan fingerprint density at radius 2 is 1.48 bits per heavy atom. The zero-order valence-electron chi connectivity index (χ0n) is 17.9. The third-order valence-electron chi connectivity index (χ3n) is 4.79. The van der Waals surface area contributed by atoms with Crippen LogP contribution in [0.25, 0.3) is 0 Å². The van der Waals surface area contributed by atoms with Crippen LogP contribution in [0.2, 0.25) is 0 Å². The van der Waals surface area contributed by atoms with Crippen LogP contribution in [0, 0.1) is 10.1 Å². The number of benzene rings is 3. The van der Waals surface area contributed by atoms with Gasteiger partial charge in [-0.1, -0.05) is 36.4 Å². The molecule has 1 N–H and O–H groups in total. The van der Waals surface area contributed by atoms with Crippen molar-refractivity contribution in [3.8, 4) is 0 Å². The van der Waals surface area contributed by atoms with Crippen LogP contribution >= 0.6 is 0 Å². The van der Waals surface area contributed by atoms with Gasteiger partial charge >= 0.3 is 5.69 Å². The molecule has 9 heteroatoms. The number of nitrogens with zero attached hydrogens (tertiary/aromatic N) is 6. The molecule has 0 aliphatic heterocycles. The summed E-state index contributed by atoms with van der Waals surface area (Å²) >= 11 is 0. The largest absolute Gasteiger partial charge is 0.354 e. The van der Waals surface area contributed by atoms with Gasteiger partial charge in [0.1, 0.15) is 6.33 Å². The van der Waals surface area contributed by atoms with Gasteiger partial charge in [-0.05, 0) is 55.5 Å². The van der Waals surface area contributed by atoms with Crippen molar-refractivity contribution in [2.24, 2.45) is 10.2 Å². The van der Waals surface area contributed by atoms with Crippen molar-refractivity contribution < 1.29 is 4.92 Å². The normalized spacial score (nSPS) is 10.8. The molecule has 4 aromatic rings. The van der Waals surface area contributed by atoms with Gasteiger partial charge in [0.2, 0.25) is 11.6 Å². The Hall–Kier alpha value is -4.66. The summed E-state index contributed by atoms with van der Waals surface area (Å²) in [5, 5.41) is 23.4. The Bertz CT molecular complexity index is 1250. The standard InChI is InChI=1S/C24H21N7O2/c1-2-30(21-11-7-4-8-12-21)24-22(31(32)33)23(25-17-26-24)27-18-13-15-20(16-14-18)29-28-19-9-5-3-6-10-19/h3-17H,2H2,1H3,(H,25,26,27). The molecule has 1 heterocycles. The fraction of sp³-hybridized carbons (Fsp3) is 0.0833. The number of azo groups is 1. The highest BCUT2D eigenvalue weighted by Crippen LogP contribution is 2.37. The van der Waals surface area contributed by atoms with Gasteiger partial charge in [-0.25, -0.2) is 9.97 Å². The minimum atomic E-state index is -0.467. The van der Waals surface area contributed by atoms with Crippen LogP contribution in [0.4, 0.5) is 40.1 Å². The lowest BCUT2D eigenvalue weighted by Crippen LogP contribution is -2.19. The van der Waals surface area contributed by atoms with E-state index >= 15 is 0 Å². The number of para-hydroxylation sites is 1. The predicted octanol–water partition coefficient (Wildman–Crippen LogP) is 6.70. The SMILES string of the molecule is CCN(c1ccccc1)c1ncnc(Nc2ccc(N=Nc3ccccc3)cc2)c1[N+](=O)[O-]. The number of hydrogen-bond acceptors (Lipinski definition) is 8. The van der Waals surface area contributed by atoms with Crippen molar-refractivity contribution in [2.45, 2.75) is 6.92 Å². The molecule has 0 aliphatic carbocycles. The molecule has 0 saturated heterocycles. The quantitative estimate of drug-likeness (QED) is 0.186. The molecule has 9 nitrogen and oxygen atoms in total. The molecule has 0 bridgehead atoms. The summed E-state index contributed by atoms with van der Waals surface area (Å²) < 4.78 is 0. The van der Waals surface area contributed by atoms with E-state index in [1.807, 2.05) is 67.6 Å². The highest BCUT2D eigenvalue weighted by Gasteiger charge is 2.27. The first-order chi connectivity index (χ1) is 16.2. The Balaban J connectivity index is 1.60. The molecule has 0 spiro atoms. The van der Waals surface area contributed by atoms with Crippen LogP contribution in [-0.2, 0) is 0 Å². The number of hydrogen-bond donors (Lipinski definition) is 1. The molecule has 0 amide bonds. The van der Waals surface area contributed by atoms with Crippen LogP contribution in [0.3, 0.4) is 0 Å². The molecule has 1 aromatic heterocycles. The monoisotopic (exact) mass is 439 g/mol. The maximum absolute atomic E-state index is 12.0. The van der Waals surface area contributed by atoms with Gasteiger partial charge in [-0.2, -0.15) is 10.2 Å². The zero-order chi connectivity index (χ0) is 23.0. The minimum Gasteiger partial charge on any atom is -0.334 e. The highest BCUT2D eigenvalue weighted by atomic mass is 16.6. The van der Waals surface area contributed by atoms with Gasteiger partial charge in [-0.3, -0.25) is 10.1 Å². The van der Waals surface area contributed by atoms with E-state index in [-0.39, 0.29) is 17.3 Å². The maximum atomic E-state index is 12.0. The van der Waals surface area contributed by atoms with Crippen molar-refractivity contribution in [1.82, 2.24) is 9.97 Å². The Morgan fingerprint density at radius 3 is 2.09 bits per heavy atom. The molecule has 164 valence electrons. The summed E-state index contributed by atoms with van der Waals surface area (Å²) in [6, 6.07) is 25.9. The summed E-state index contributed by atoms with van der Waals surface area (Å²) in [7, 11) is 0. The van der Waals surface area contributed by atoms with E-state index in [1.54, 1.807) is 29.2 Å². The molecule has 0 fully saturated rings. The number of anilines is 4. The van der Waals surface area contributed by atoms with Gasteiger partial charge in [0.25, 0.3) is 0 Å². The lowest BCUT2D eigenvalue weighted by Gasteiger charge is -2.22. The molecule has 0 aliphatic rings. The van der Waals surface area contributed by atoms with E-state index < -0.39 is 4.92 Å². The third-order valence-corrected chi connectivity index (χ3v) is 4.79. The summed E-state index contributed by atoms with van der Waals surface area (Å²) in [5.41, 5.74) is 2.65. The van der Waals surface area contributed by atoms with Crippen LogP contribution < -0.4 is 10.2 Å². The summed E-state index contributed by atoms with van der Waals surface area (Å²) in [6.45, 7) is 2.41. The van der Waals surface area contributed by atoms with Crippen LogP contribution in [0.5, 0.6) is 0 Å². The average molecular weight is 439 g/mol. The first-order valence-electron chi connectivity index (χ1n) is 10.3. The second kappa shape index (κ2) is 10.1. The van der Waals surface area contributed by atoms with Crippen molar-refractivity contribution in [1.29, 1.82) is 0 Å². The molecule has 4 rings (SSSR count). The van der Waals surface area contributed by atoms with E-state index in [0.29, 0.717) is 17.9 Å². The van der Waals surface area contributed by atoms with Crippen LogP contribution in [-0.4, -0.2) is 21.4 Å². The molecular formula is C24H21N7O2. The van der Waals surface area contributed by atoms with Gasteiger partial charge in [0.15, 0.2) is 0 Å². The first-order valence-corrected chi connectivity index (χ1v) is 10.3. The summed E-state index contributed by atoms with van der Waals surface area (Å²) in [5.74, 6) is 0.331. The van der Waals surface area contributed by atoms with E-state index in [1.165, 1.54) is 6.33 Å². The molecule has 0 saturated carbocycles. The first kappa shape index (κ1) is 21.6. The second-order valence-corrected chi connectivity index (χ2v) is 6.94. The number of nitro groups is 1. The van der Waals surface area contributed by atoms with E-state index in [0.717, 1.165) is 11.4 Å². The maximum Gasteiger partial charge on any atom is 0.354 e. The van der Waals surface area contributed by atoms with Crippen molar-refractivity contribution in [3.63, 3.8) is 0 Å². The number of rotatable bonds is 8. The molecule has 33 heavy (non-hydrogen) atoms. The zero-order valence-corrected chi connectivity index (χ0v) is 17.9. The van der Waals surface area contributed by atoms with E-state index in [9.17, 15) is 10.1 Å². The topological polar surface area (TPSA) is 109 Å². The van der Waals surface area contributed by atoms with E-state index in [4.69, 9.17) is 0 Å². The van der Waals surface area contributed by atoms with Gasteiger partial charge in [-0.15, -0.1) is 0 Å². The fourth-order valence-electron chi connectivity index (χ4n) is 3.25. The van der Waals surface area contributed by atoms with E-state index in [2.05, 4.69) is 25.5 Å². The lowest BCUT2D eigenvalue weighted by atomic mass is 10.2. The second-order valence-electron chi connectivity index (χ2n) is 6.94. The number of aromatic nitrogens is 2. The molecule has 0 radical (unpaired) electrons. The van der Waals surface area contributed by atoms with Crippen LogP contribution in [0.1, 0.15) is 6.92 Å².